The van der Waals surface area contributed by atoms with Crippen molar-refractivity contribution in [3.8, 4) is 0 Å². The van der Waals surface area contributed by atoms with E-state index < -0.39 is 5.91 Å². The minimum atomic E-state index is -0.428. The molecule has 1 amide bonds. The van der Waals surface area contributed by atoms with E-state index in [0.717, 1.165) is 29.6 Å². The molecule has 27 heavy (non-hydrogen) atoms. The Morgan fingerprint density at radius 3 is 2.63 bits per heavy atom. The van der Waals surface area contributed by atoms with Crippen molar-refractivity contribution in [3.63, 3.8) is 0 Å². The molecule has 2 N–H and O–H groups in total. The minimum absolute atomic E-state index is 0.428. The van der Waals surface area contributed by atoms with Crippen molar-refractivity contribution in [1.82, 2.24) is 9.97 Å². The number of benzene rings is 2. The van der Waals surface area contributed by atoms with E-state index in [9.17, 15) is 4.79 Å². The zero-order chi connectivity index (χ0) is 18.6. The van der Waals surface area contributed by atoms with E-state index in [1.807, 2.05) is 35.8 Å². The zero-order valence-corrected chi connectivity index (χ0v) is 15.6. The fourth-order valence-corrected chi connectivity index (χ4v) is 3.95. The average molecular weight is 373 g/mol. The molecule has 0 aliphatic heterocycles. The number of fused-ring (bicyclic) bond motifs is 1. The number of aromatic nitrogens is 2. The van der Waals surface area contributed by atoms with Crippen molar-refractivity contribution < 1.29 is 4.79 Å². The molecule has 0 unspecified atom stereocenters. The molecule has 5 heteroatoms. The lowest BCUT2D eigenvalue weighted by atomic mass is 9.98. The van der Waals surface area contributed by atoms with Gasteiger partial charge < -0.3 is 5.73 Å². The highest BCUT2D eigenvalue weighted by Crippen LogP contribution is 2.21. The molecule has 0 aliphatic rings. The molecular formula is C22H19N3OS. The second-order valence-electron chi connectivity index (χ2n) is 6.51. The van der Waals surface area contributed by atoms with Crippen molar-refractivity contribution in [2.75, 3.05) is 0 Å². The summed E-state index contributed by atoms with van der Waals surface area (Å²) in [6.07, 6.45) is 3.94. The summed E-state index contributed by atoms with van der Waals surface area (Å²) in [7, 11) is 0. The van der Waals surface area contributed by atoms with E-state index in [0.29, 0.717) is 12.0 Å². The Kier molecular flexibility index (Phi) is 4.94. The van der Waals surface area contributed by atoms with Gasteiger partial charge in [0.25, 0.3) is 5.91 Å². The number of primary amides is 1. The van der Waals surface area contributed by atoms with Crippen LogP contribution in [-0.4, -0.2) is 15.9 Å². The van der Waals surface area contributed by atoms with Gasteiger partial charge in [-0.05, 0) is 47.7 Å². The molecule has 0 saturated carbocycles. The van der Waals surface area contributed by atoms with Crippen LogP contribution in [0.25, 0.3) is 10.2 Å². The van der Waals surface area contributed by atoms with Crippen LogP contribution in [0.2, 0.25) is 0 Å². The summed E-state index contributed by atoms with van der Waals surface area (Å²) in [5, 5.41) is 0. The van der Waals surface area contributed by atoms with Gasteiger partial charge >= 0.3 is 0 Å². The van der Waals surface area contributed by atoms with Crippen LogP contribution in [0.15, 0.2) is 66.3 Å². The Hall–Kier alpha value is -3.05. The fourth-order valence-electron chi connectivity index (χ4n) is 3.21. The predicted octanol–water partition coefficient (Wildman–Crippen LogP) is 4.17. The zero-order valence-electron chi connectivity index (χ0n) is 14.8. The van der Waals surface area contributed by atoms with Gasteiger partial charge in [-0.3, -0.25) is 9.78 Å². The van der Waals surface area contributed by atoms with E-state index in [-0.39, 0.29) is 0 Å². The third kappa shape index (κ3) is 4.04. The van der Waals surface area contributed by atoms with Crippen LogP contribution < -0.4 is 5.73 Å². The molecule has 2 heterocycles. The third-order valence-electron chi connectivity index (χ3n) is 4.62. The number of rotatable bonds is 6. The quantitative estimate of drug-likeness (QED) is 0.552. The number of pyridine rings is 1. The molecule has 2 aromatic carbocycles. The largest absolute Gasteiger partial charge is 0.366 e. The van der Waals surface area contributed by atoms with E-state index >= 15 is 0 Å². The number of nitrogens with two attached hydrogens (primary N) is 1. The van der Waals surface area contributed by atoms with Crippen LogP contribution in [0, 0.1) is 0 Å². The van der Waals surface area contributed by atoms with Gasteiger partial charge in [0.2, 0.25) is 0 Å². The molecule has 4 aromatic rings. The number of carbonyl (C=O) groups excluding carboxylic acids is 1. The Bertz CT molecular complexity index is 1090. The number of carbonyl (C=O) groups is 1. The van der Waals surface area contributed by atoms with Crippen molar-refractivity contribution in [2.24, 2.45) is 5.73 Å². The van der Waals surface area contributed by atoms with E-state index in [2.05, 4.69) is 34.2 Å². The lowest BCUT2D eigenvalue weighted by Gasteiger charge is -2.10. The first kappa shape index (κ1) is 17.4. The van der Waals surface area contributed by atoms with Crippen LogP contribution in [0.5, 0.6) is 0 Å². The SMILES string of the molecule is NC(=O)c1cnc(Cc2ccc3ncsc3c2)cc1CCc1ccccc1. The molecule has 4 rings (SSSR count). The standard InChI is InChI=1S/C22H19N3OS/c23-22(26)19-13-24-18(10-16-7-9-20-21(11-16)27-14-25-20)12-17(19)8-6-15-4-2-1-3-5-15/h1-5,7,9,11-14H,6,8,10H2,(H2,23,26). The van der Waals surface area contributed by atoms with Gasteiger partial charge in [-0.25, -0.2) is 4.98 Å². The fraction of sp³-hybridized carbons (Fsp3) is 0.136. The van der Waals surface area contributed by atoms with Crippen molar-refractivity contribution in [2.45, 2.75) is 19.3 Å². The highest BCUT2D eigenvalue weighted by atomic mass is 32.1. The minimum Gasteiger partial charge on any atom is -0.366 e. The third-order valence-corrected chi connectivity index (χ3v) is 5.41. The van der Waals surface area contributed by atoms with Gasteiger partial charge in [0, 0.05) is 18.3 Å². The first-order chi connectivity index (χ1) is 13.2. The summed E-state index contributed by atoms with van der Waals surface area (Å²) in [6.45, 7) is 0. The lowest BCUT2D eigenvalue weighted by Crippen LogP contribution is -2.15. The van der Waals surface area contributed by atoms with Crippen molar-refractivity contribution in [1.29, 1.82) is 0 Å². The summed E-state index contributed by atoms with van der Waals surface area (Å²) in [5.74, 6) is -0.428. The maximum atomic E-state index is 11.8. The molecule has 2 aromatic heterocycles. The number of hydrogen-bond donors (Lipinski definition) is 1. The molecule has 0 aliphatic carbocycles. The van der Waals surface area contributed by atoms with Crippen LogP contribution in [0.3, 0.4) is 0 Å². The lowest BCUT2D eigenvalue weighted by molar-refractivity contribution is 0.0999. The smallest absolute Gasteiger partial charge is 0.250 e. The number of aryl methyl sites for hydroxylation is 2. The van der Waals surface area contributed by atoms with Crippen molar-refractivity contribution >= 4 is 27.5 Å². The van der Waals surface area contributed by atoms with E-state index in [1.165, 1.54) is 15.8 Å². The maximum absolute atomic E-state index is 11.8. The van der Waals surface area contributed by atoms with Crippen LogP contribution in [0.1, 0.15) is 32.7 Å². The molecule has 4 nitrogen and oxygen atoms in total. The maximum Gasteiger partial charge on any atom is 0.250 e. The second kappa shape index (κ2) is 7.68. The Balaban J connectivity index is 1.58. The topological polar surface area (TPSA) is 68.9 Å². The predicted molar refractivity (Wildman–Crippen MR) is 109 cm³/mol. The molecule has 134 valence electrons. The Morgan fingerprint density at radius 1 is 0.963 bits per heavy atom. The average Bonchev–Trinajstić information content (AvgIpc) is 3.15. The van der Waals surface area contributed by atoms with Gasteiger partial charge in [-0.1, -0.05) is 36.4 Å². The first-order valence-electron chi connectivity index (χ1n) is 8.83. The highest BCUT2D eigenvalue weighted by molar-refractivity contribution is 7.16. The van der Waals surface area contributed by atoms with Gasteiger partial charge in [0.15, 0.2) is 0 Å². The summed E-state index contributed by atoms with van der Waals surface area (Å²) in [5.41, 5.74) is 13.2. The number of thiazole rings is 1. The van der Waals surface area contributed by atoms with Gasteiger partial charge in [-0.2, -0.15) is 0 Å². The molecular weight excluding hydrogens is 354 g/mol. The number of amides is 1. The molecule has 0 fully saturated rings. The summed E-state index contributed by atoms with van der Waals surface area (Å²) < 4.78 is 1.17. The van der Waals surface area contributed by atoms with Gasteiger partial charge in [-0.15, -0.1) is 11.3 Å². The molecule has 0 radical (unpaired) electrons. The van der Waals surface area contributed by atoms with Gasteiger partial charge in [0.1, 0.15) is 0 Å². The molecule has 0 bridgehead atoms. The summed E-state index contributed by atoms with van der Waals surface area (Å²) >= 11 is 1.63. The Labute approximate surface area is 161 Å². The molecule has 0 saturated heterocycles. The highest BCUT2D eigenvalue weighted by Gasteiger charge is 2.11. The number of hydrogen-bond acceptors (Lipinski definition) is 4. The van der Waals surface area contributed by atoms with Crippen LogP contribution in [-0.2, 0) is 19.3 Å². The first-order valence-corrected chi connectivity index (χ1v) is 9.70. The van der Waals surface area contributed by atoms with E-state index in [1.54, 1.807) is 17.5 Å². The summed E-state index contributed by atoms with van der Waals surface area (Å²) in [6, 6.07) is 18.5. The molecule has 0 spiro atoms. The van der Waals surface area contributed by atoms with Crippen molar-refractivity contribution in [3.05, 3.63) is 94.3 Å². The normalized spacial score (nSPS) is 11.0. The van der Waals surface area contributed by atoms with Crippen LogP contribution in [0.4, 0.5) is 0 Å². The summed E-state index contributed by atoms with van der Waals surface area (Å²) in [4.78, 5) is 20.6. The monoisotopic (exact) mass is 373 g/mol. The molecule has 0 atom stereocenters. The Morgan fingerprint density at radius 2 is 1.81 bits per heavy atom. The van der Waals surface area contributed by atoms with E-state index in [4.69, 9.17) is 5.73 Å². The second-order valence-corrected chi connectivity index (χ2v) is 7.40. The van der Waals surface area contributed by atoms with Crippen LogP contribution >= 0.6 is 11.3 Å². The number of nitrogens with zero attached hydrogens (tertiary/aromatic N) is 2. The van der Waals surface area contributed by atoms with Gasteiger partial charge in [0.05, 0.1) is 21.3 Å².